The Labute approximate surface area is 163 Å². The molecule has 0 saturated heterocycles. The molecular formula is C24H32N2O. The van der Waals surface area contributed by atoms with Gasteiger partial charge in [0.25, 0.3) is 0 Å². The number of rotatable bonds is 3. The van der Waals surface area contributed by atoms with Crippen molar-refractivity contribution in [1.82, 2.24) is 0 Å². The molecule has 0 aliphatic carbocycles. The average Bonchev–Trinajstić information content (AvgIpc) is 2.57. The van der Waals surface area contributed by atoms with Crippen LogP contribution in [0.25, 0.3) is 0 Å². The summed E-state index contributed by atoms with van der Waals surface area (Å²) in [5, 5.41) is 3.18. The summed E-state index contributed by atoms with van der Waals surface area (Å²) in [7, 11) is 0. The van der Waals surface area contributed by atoms with Crippen molar-refractivity contribution in [3.8, 4) is 0 Å². The number of nitrogens with zero attached hydrogens (tertiary/aromatic N) is 1. The zero-order valence-electron chi connectivity index (χ0n) is 17.6. The number of amides is 1. The fraction of sp³-hybridized carbons (Fsp3) is 0.458. The van der Waals surface area contributed by atoms with Crippen LogP contribution in [-0.2, 0) is 17.8 Å². The SMILES string of the molecule is Cc1ccc(N2CCc3c(cc(C)c(NC(=O)CC(C)(C)C)c3C)C2)cc1. The van der Waals surface area contributed by atoms with E-state index in [1.165, 1.54) is 27.9 Å². The van der Waals surface area contributed by atoms with E-state index in [-0.39, 0.29) is 11.3 Å². The van der Waals surface area contributed by atoms with Crippen LogP contribution in [0.5, 0.6) is 0 Å². The number of nitrogens with one attached hydrogen (secondary N) is 1. The Morgan fingerprint density at radius 2 is 1.78 bits per heavy atom. The van der Waals surface area contributed by atoms with Gasteiger partial charge in [-0.2, -0.15) is 0 Å². The minimum Gasteiger partial charge on any atom is -0.367 e. The molecule has 27 heavy (non-hydrogen) atoms. The molecule has 0 unspecified atom stereocenters. The molecular weight excluding hydrogens is 332 g/mol. The molecule has 1 N–H and O–H groups in total. The summed E-state index contributed by atoms with van der Waals surface area (Å²) in [6.45, 7) is 14.6. The number of hydrogen-bond donors (Lipinski definition) is 1. The van der Waals surface area contributed by atoms with E-state index in [1.54, 1.807) is 0 Å². The topological polar surface area (TPSA) is 32.3 Å². The zero-order valence-corrected chi connectivity index (χ0v) is 17.6. The Morgan fingerprint density at radius 1 is 1.11 bits per heavy atom. The lowest BCUT2D eigenvalue weighted by Crippen LogP contribution is -2.31. The lowest BCUT2D eigenvalue weighted by atomic mass is 9.90. The van der Waals surface area contributed by atoms with Crippen molar-refractivity contribution >= 4 is 17.3 Å². The highest BCUT2D eigenvalue weighted by atomic mass is 16.1. The minimum absolute atomic E-state index is 0.00532. The second-order valence-corrected chi connectivity index (χ2v) is 9.12. The van der Waals surface area contributed by atoms with Crippen molar-refractivity contribution in [2.75, 3.05) is 16.8 Å². The minimum atomic E-state index is -0.00532. The van der Waals surface area contributed by atoms with Crippen molar-refractivity contribution in [2.45, 2.75) is 60.9 Å². The predicted molar refractivity (Wildman–Crippen MR) is 115 cm³/mol. The fourth-order valence-electron chi connectivity index (χ4n) is 3.96. The monoisotopic (exact) mass is 364 g/mol. The van der Waals surface area contributed by atoms with Crippen molar-refractivity contribution in [3.63, 3.8) is 0 Å². The third-order valence-electron chi connectivity index (χ3n) is 5.35. The standard InChI is InChI=1S/C24H32N2O/c1-16-7-9-20(10-8-16)26-12-11-21-18(3)23(17(2)13-19(21)15-26)25-22(27)14-24(4,5)6/h7-10,13H,11-12,14-15H2,1-6H3,(H,25,27). The molecule has 3 rings (SSSR count). The van der Waals surface area contributed by atoms with E-state index in [0.29, 0.717) is 6.42 Å². The van der Waals surface area contributed by atoms with Gasteiger partial charge in [0.15, 0.2) is 0 Å². The zero-order chi connectivity index (χ0) is 19.8. The molecule has 1 aliphatic heterocycles. The number of fused-ring (bicyclic) bond motifs is 1. The van der Waals surface area contributed by atoms with Crippen LogP contribution in [0.4, 0.5) is 11.4 Å². The molecule has 2 aromatic rings. The first kappa shape index (κ1) is 19.5. The Balaban J connectivity index is 1.83. The van der Waals surface area contributed by atoms with Gasteiger partial charge in [-0.1, -0.05) is 44.5 Å². The smallest absolute Gasteiger partial charge is 0.224 e. The molecule has 0 radical (unpaired) electrons. The highest BCUT2D eigenvalue weighted by Crippen LogP contribution is 2.33. The van der Waals surface area contributed by atoms with E-state index in [1.807, 2.05) is 0 Å². The van der Waals surface area contributed by atoms with E-state index >= 15 is 0 Å². The number of carbonyl (C=O) groups is 1. The lowest BCUT2D eigenvalue weighted by Gasteiger charge is -2.33. The van der Waals surface area contributed by atoms with Crippen molar-refractivity contribution in [1.29, 1.82) is 0 Å². The van der Waals surface area contributed by atoms with Gasteiger partial charge in [0.2, 0.25) is 5.91 Å². The molecule has 1 aliphatic rings. The molecule has 0 aromatic heterocycles. The van der Waals surface area contributed by atoms with Crippen LogP contribution >= 0.6 is 0 Å². The maximum Gasteiger partial charge on any atom is 0.224 e. The largest absolute Gasteiger partial charge is 0.367 e. The second-order valence-electron chi connectivity index (χ2n) is 9.12. The fourth-order valence-corrected chi connectivity index (χ4v) is 3.96. The Bertz CT molecular complexity index is 844. The van der Waals surface area contributed by atoms with Crippen LogP contribution in [0, 0.1) is 26.2 Å². The Kier molecular flexibility index (Phi) is 5.32. The van der Waals surface area contributed by atoms with Gasteiger partial charge in [0, 0.05) is 30.9 Å². The van der Waals surface area contributed by atoms with Gasteiger partial charge >= 0.3 is 0 Å². The van der Waals surface area contributed by atoms with E-state index in [4.69, 9.17) is 0 Å². The van der Waals surface area contributed by atoms with Crippen molar-refractivity contribution < 1.29 is 4.79 Å². The van der Waals surface area contributed by atoms with Crippen LogP contribution in [0.2, 0.25) is 0 Å². The number of benzene rings is 2. The number of anilines is 2. The molecule has 0 spiro atoms. The quantitative estimate of drug-likeness (QED) is 0.774. The summed E-state index contributed by atoms with van der Waals surface area (Å²) in [6.07, 6.45) is 1.54. The van der Waals surface area contributed by atoms with E-state index in [9.17, 15) is 4.79 Å². The summed E-state index contributed by atoms with van der Waals surface area (Å²) < 4.78 is 0. The lowest BCUT2D eigenvalue weighted by molar-refractivity contribution is -0.117. The van der Waals surface area contributed by atoms with Crippen LogP contribution in [0.1, 0.15) is 55.0 Å². The average molecular weight is 365 g/mol. The highest BCUT2D eigenvalue weighted by Gasteiger charge is 2.23. The second kappa shape index (κ2) is 7.38. The van der Waals surface area contributed by atoms with E-state index < -0.39 is 0 Å². The first-order valence-electron chi connectivity index (χ1n) is 9.87. The summed E-state index contributed by atoms with van der Waals surface area (Å²) in [5.41, 5.74) is 8.74. The molecule has 0 fully saturated rings. The van der Waals surface area contributed by atoms with Gasteiger partial charge in [0.05, 0.1) is 0 Å². The maximum atomic E-state index is 12.4. The van der Waals surface area contributed by atoms with Gasteiger partial charge in [0.1, 0.15) is 0 Å². The highest BCUT2D eigenvalue weighted by molar-refractivity contribution is 5.93. The molecule has 3 heteroatoms. The molecule has 0 atom stereocenters. The number of carbonyl (C=O) groups excluding carboxylic acids is 1. The van der Waals surface area contributed by atoms with Crippen LogP contribution in [0.3, 0.4) is 0 Å². The van der Waals surface area contributed by atoms with Crippen LogP contribution in [0.15, 0.2) is 30.3 Å². The molecule has 0 bridgehead atoms. The number of hydrogen-bond acceptors (Lipinski definition) is 2. The summed E-state index contributed by atoms with van der Waals surface area (Å²) in [5.74, 6) is 0.103. The number of aryl methyl sites for hydroxylation is 2. The van der Waals surface area contributed by atoms with Gasteiger partial charge in [-0.15, -0.1) is 0 Å². The molecule has 1 heterocycles. The van der Waals surface area contributed by atoms with Gasteiger partial charge < -0.3 is 10.2 Å². The normalized spacial score (nSPS) is 14.1. The maximum absolute atomic E-state index is 12.4. The Morgan fingerprint density at radius 3 is 2.41 bits per heavy atom. The van der Waals surface area contributed by atoms with Crippen molar-refractivity contribution in [2.24, 2.45) is 5.41 Å². The van der Waals surface area contributed by atoms with Crippen LogP contribution in [-0.4, -0.2) is 12.5 Å². The first-order chi connectivity index (χ1) is 12.6. The van der Waals surface area contributed by atoms with E-state index in [0.717, 1.165) is 30.8 Å². The van der Waals surface area contributed by atoms with E-state index in [2.05, 4.69) is 82.1 Å². The first-order valence-corrected chi connectivity index (χ1v) is 9.87. The third kappa shape index (κ3) is 4.52. The summed E-state index contributed by atoms with van der Waals surface area (Å²) >= 11 is 0. The Hall–Kier alpha value is -2.29. The van der Waals surface area contributed by atoms with Gasteiger partial charge in [-0.25, -0.2) is 0 Å². The van der Waals surface area contributed by atoms with Gasteiger partial charge in [-0.3, -0.25) is 4.79 Å². The van der Waals surface area contributed by atoms with Crippen molar-refractivity contribution in [3.05, 3.63) is 58.1 Å². The molecule has 0 saturated carbocycles. The third-order valence-corrected chi connectivity index (χ3v) is 5.35. The molecule has 1 amide bonds. The van der Waals surface area contributed by atoms with Gasteiger partial charge in [-0.05, 0) is 67.0 Å². The van der Waals surface area contributed by atoms with Crippen LogP contribution < -0.4 is 10.2 Å². The predicted octanol–water partition coefficient (Wildman–Crippen LogP) is 5.55. The molecule has 2 aromatic carbocycles. The summed E-state index contributed by atoms with van der Waals surface area (Å²) in [6, 6.07) is 11.0. The molecule has 144 valence electrons. The molecule has 3 nitrogen and oxygen atoms in total. The summed E-state index contributed by atoms with van der Waals surface area (Å²) in [4.78, 5) is 14.9.